The third kappa shape index (κ3) is 3.51. The molecule has 0 spiro atoms. The minimum Gasteiger partial charge on any atom is -0.477 e. The summed E-state index contributed by atoms with van der Waals surface area (Å²) in [6, 6.07) is 6.28. The largest absolute Gasteiger partial charge is 0.477 e. The Morgan fingerprint density at radius 1 is 1.46 bits per heavy atom. The molecule has 24 heavy (non-hydrogen) atoms. The van der Waals surface area contributed by atoms with Crippen LogP contribution in [0, 0.1) is 5.82 Å². The number of amides is 1. The van der Waals surface area contributed by atoms with Gasteiger partial charge in [-0.3, -0.25) is 4.79 Å². The normalized spacial score (nSPS) is 16.8. The molecule has 2 aromatic heterocycles. The Hall–Kier alpha value is -2.54. The van der Waals surface area contributed by atoms with Crippen LogP contribution in [0.1, 0.15) is 23.8 Å². The molecule has 1 aliphatic heterocycles. The van der Waals surface area contributed by atoms with Gasteiger partial charge in [0.15, 0.2) is 11.5 Å². The number of carbonyl (C=O) groups is 1. The van der Waals surface area contributed by atoms with Crippen LogP contribution in [-0.2, 0) is 0 Å². The predicted molar refractivity (Wildman–Crippen MR) is 87.3 cm³/mol. The van der Waals surface area contributed by atoms with E-state index in [1.807, 2.05) is 6.92 Å². The fraction of sp³-hybridized carbons (Fsp3) is 0.353. The molecule has 2 N–H and O–H groups in total. The Morgan fingerprint density at radius 2 is 2.33 bits per heavy atom. The molecule has 0 saturated carbocycles. The molecular weight excluding hydrogens is 311 g/mol. The average molecular weight is 330 g/mol. The fourth-order valence-corrected chi connectivity index (χ4v) is 2.62. The number of aromatic nitrogens is 2. The average Bonchev–Trinajstić information content (AvgIpc) is 3.09. The van der Waals surface area contributed by atoms with Crippen molar-refractivity contribution < 1.29 is 13.9 Å². The van der Waals surface area contributed by atoms with Crippen molar-refractivity contribution in [1.29, 1.82) is 0 Å². The lowest BCUT2D eigenvalue weighted by Crippen LogP contribution is -2.37. The van der Waals surface area contributed by atoms with Crippen molar-refractivity contribution in [2.75, 3.05) is 19.7 Å². The minimum absolute atomic E-state index is 0.000247. The maximum absolute atomic E-state index is 14.1. The van der Waals surface area contributed by atoms with Crippen LogP contribution in [0.5, 0.6) is 5.88 Å². The van der Waals surface area contributed by atoms with E-state index in [9.17, 15) is 9.18 Å². The zero-order valence-corrected chi connectivity index (χ0v) is 13.4. The zero-order chi connectivity index (χ0) is 16.9. The van der Waals surface area contributed by atoms with Crippen molar-refractivity contribution in [1.82, 2.24) is 20.6 Å². The third-order valence-electron chi connectivity index (χ3n) is 3.78. The molecule has 0 radical (unpaired) electrons. The first-order valence-corrected chi connectivity index (χ1v) is 7.95. The second kappa shape index (κ2) is 7.35. The number of pyridine rings is 2. The highest BCUT2D eigenvalue weighted by molar-refractivity contribution is 5.93. The Morgan fingerprint density at radius 3 is 3.08 bits per heavy atom. The van der Waals surface area contributed by atoms with E-state index in [0.29, 0.717) is 30.3 Å². The topological polar surface area (TPSA) is 76.1 Å². The summed E-state index contributed by atoms with van der Waals surface area (Å²) < 4.78 is 19.5. The van der Waals surface area contributed by atoms with Crippen molar-refractivity contribution >= 4 is 5.91 Å². The monoisotopic (exact) mass is 330 g/mol. The van der Waals surface area contributed by atoms with Crippen LogP contribution in [0.15, 0.2) is 30.5 Å². The standard InChI is InChI=1S/C17H19FN4O2/c1-2-24-17-12(4-3-8-20-17)14-6-5-13(18)15(22-14)16(23)21-11-7-9-19-10-11/h3-6,8,11,19H,2,7,9-10H2,1H3,(H,21,23)/t11-/m1/s1. The summed E-state index contributed by atoms with van der Waals surface area (Å²) in [7, 11) is 0. The maximum atomic E-state index is 14.1. The second-order valence-electron chi connectivity index (χ2n) is 5.48. The molecule has 1 amide bonds. The first kappa shape index (κ1) is 16.3. The lowest BCUT2D eigenvalue weighted by Gasteiger charge is -2.13. The van der Waals surface area contributed by atoms with Gasteiger partial charge in [-0.05, 0) is 44.2 Å². The van der Waals surface area contributed by atoms with E-state index in [1.54, 1.807) is 18.3 Å². The first-order valence-electron chi connectivity index (χ1n) is 7.95. The van der Waals surface area contributed by atoms with E-state index >= 15 is 0 Å². The zero-order valence-electron chi connectivity index (χ0n) is 13.4. The summed E-state index contributed by atoms with van der Waals surface area (Å²) in [5.41, 5.74) is 0.851. The molecular formula is C17H19FN4O2. The van der Waals surface area contributed by atoms with Gasteiger partial charge in [0.05, 0.1) is 17.9 Å². The summed E-state index contributed by atoms with van der Waals surface area (Å²) in [5.74, 6) is -0.751. The van der Waals surface area contributed by atoms with Crippen molar-refractivity contribution in [3.05, 3.63) is 42.0 Å². The van der Waals surface area contributed by atoms with E-state index < -0.39 is 11.7 Å². The van der Waals surface area contributed by atoms with Gasteiger partial charge in [-0.1, -0.05) is 0 Å². The number of halogens is 1. The third-order valence-corrected chi connectivity index (χ3v) is 3.78. The molecule has 1 fully saturated rings. The van der Waals surface area contributed by atoms with E-state index in [2.05, 4.69) is 20.6 Å². The molecule has 1 aliphatic rings. The Kier molecular flexibility index (Phi) is 5.00. The van der Waals surface area contributed by atoms with Crippen molar-refractivity contribution in [2.24, 2.45) is 0 Å². The van der Waals surface area contributed by atoms with Crippen LogP contribution in [0.3, 0.4) is 0 Å². The van der Waals surface area contributed by atoms with E-state index in [-0.39, 0.29) is 11.7 Å². The van der Waals surface area contributed by atoms with Gasteiger partial charge in [-0.25, -0.2) is 14.4 Å². The molecule has 0 aliphatic carbocycles. The second-order valence-corrected chi connectivity index (χ2v) is 5.48. The SMILES string of the molecule is CCOc1ncccc1-c1ccc(F)c(C(=O)N[C@@H]2CCNC2)n1. The van der Waals surface area contributed by atoms with Crippen LogP contribution in [0.4, 0.5) is 4.39 Å². The molecule has 3 rings (SSSR count). The summed E-state index contributed by atoms with van der Waals surface area (Å²) in [4.78, 5) is 20.7. The van der Waals surface area contributed by atoms with Gasteiger partial charge in [-0.2, -0.15) is 0 Å². The van der Waals surface area contributed by atoms with Crippen molar-refractivity contribution in [3.8, 4) is 17.1 Å². The van der Waals surface area contributed by atoms with E-state index in [0.717, 1.165) is 13.0 Å². The molecule has 3 heterocycles. The van der Waals surface area contributed by atoms with Crippen LogP contribution in [0.2, 0.25) is 0 Å². The Labute approximate surface area is 139 Å². The van der Waals surface area contributed by atoms with Gasteiger partial charge in [0.1, 0.15) is 0 Å². The van der Waals surface area contributed by atoms with Crippen LogP contribution in [0.25, 0.3) is 11.3 Å². The van der Waals surface area contributed by atoms with Crippen LogP contribution in [-0.4, -0.2) is 41.6 Å². The van der Waals surface area contributed by atoms with Gasteiger partial charge < -0.3 is 15.4 Å². The van der Waals surface area contributed by atoms with Crippen molar-refractivity contribution in [2.45, 2.75) is 19.4 Å². The first-order chi connectivity index (χ1) is 11.7. The molecule has 126 valence electrons. The molecule has 2 aromatic rings. The van der Waals surface area contributed by atoms with Gasteiger partial charge in [0, 0.05) is 18.8 Å². The molecule has 0 bridgehead atoms. The molecule has 6 nitrogen and oxygen atoms in total. The number of ether oxygens (including phenoxy) is 1. The van der Waals surface area contributed by atoms with E-state index in [1.165, 1.54) is 12.1 Å². The fourth-order valence-electron chi connectivity index (χ4n) is 2.62. The molecule has 1 atom stereocenters. The number of nitrogens with one attached hydrogen (secondary N) is 2. The number of hydrogen-bond acceptors (Lipinski definition) is 5. The number of nitrogens with zero attached hydrogens (tertiary/aromatic N) is 2. The lowest BCUT2D eigenvalue weighted by atomic mass is 10.1. The summed E-state index contributed by atoms with van der Waals surface area (Å²) in [5, 5.41) is 5.95. The molecule has 0 aromatic carbocycles. The van der Waals surface area contributed by atoms with Crippen molar-refractivity contribution in [3.63, 3.8) is 0 Å². The lowest BCUT2D eigenvalue weighted by molar-refractivity contribution is 0.0930. The summed E-state index contributed by atoms with van der Waals surface area (Å²) >= 11 is 0. The van der Waals surface area contributed by atoms with Gasteiger partial charge in [0.25, 0.3) is 5.91 Å². The smallest absolute Gasteiger partial charge is 0.273 e. The number of carbonyl (C=O) groups excluding carboxylic acids is 1. The maximum Gasteiger partial charge on any atom is 0.273 e. The molecule has 0 unspecified atom stereocenters. The highest BCUT2D eigenvalue weighted by atomic mass is 19.1. The molecule has 1 saturated heterocycles. The Bertz CT molecular complexity index is 732. The number of rotatable bonds is 5. The predicted octanol–water partition coefficient (Wildman–Crippen LogP) is 1.77. The summed E-state index contributed by atoms with van der Waals surface area (Å²) in [6.45, 7) is 3.83. The quantitative estimate of drug-likeness (QED) is 0.874. The van der Waals surface area contributed by atoms with Gasteiger partial charge in [0.2, 0.25) is 5.88 Å². The van der Waals surface area contributed by atoms with Gasteiger partial charge >= 0.3 is 0 Å². The minimum atomic E-state index is -0.649. The van der Waals surface area contributed by atoms with E-state index in [4.69, 9.17) is 4.74 Å². The van der Waals surface area contributed by atoms with Crippen LogP contribution >= 0.6 is 0 Å². The Balaban J connectivity index is 1.90. The molecule has 7 heteroatoms. The number of hydrogen-bond donors (Lipinski definition) is 2. The van der Waals surface area contributed by atoms with Crippen LogP contribution < -0.4 is 15.4 Å². The van der Waals surface area contributed by atoms with Gasteiger partial charge in [-0.15, -0.1) is 0 Å². The summed E-state index contributed by atoms with van der Waals surface area (Å²) in [6.07, 6.45) is 2.43. The highest BCUT2D eigenvalue weighted by Crippen LogP contribution is 2.27. The highest BCUT2D eigenvalue weighted by Gasteiger charge is 2.22.